The molecule has 1 saturated heterocycles. The zero-order valence-corrected chi connectivity index (χ0v) is 22.4. The molecule has 0 spiro atoms. The number of rotatable bonds is 7. The normalized spacial score (nSPS) is 14.0. The van der Waals surface area contributed by atoms with Crippen molar-refractivity contribution in [3.05, 3.63) is 137 Å². The summed E-state index contributed by atoms with van der Waals surface area (Å²) in [6.07, 6.45) is 1.53. The van der Waals surface area contributed by atoms with Crippen LogP contribution in [0.3, 0.4) is 0 Å². The van der Waals surface area contributed by atoms with Gasteiger partial charge in [0.25, 0.3) is 5.91 Å². The van der Waals surface area contributed by atoms with Crippen LogP contribution in [0.1, 0.15) is 45.9 Å². The average Bonchev–Trinajstić information content (AvgIpc) is 3.34. The standard InChI is InChI=1S/C34H29F3N2O2/c35-28-8-3-5-23(17-28)21-39-31-10-2-1-7-26(31)20-32(39)25-13-15-38(16-14-25)34(40)27-11-12-33(30(37)19-27)41-22-24-6-4-9-29(36)18-24/h1-12,17-20,25H,13-16,21-22H2. The first-order valence-corrected chi connectivity index (χ1v) is 13.7. The number of likely N-dealkylation sites (tertiary alicyclic amines) is 1. The van der Waals surface area contributed by atoms with E-state index in [0.29, 0.717) is 25.2 Å². The van der Waals surface area contributed by atoms with Crippen LogP contribution in [0.15, 0.2) is 97.1 Å². The van der Waals surface area contributed by atoms with Gasteiger partial charge in [0.05, 0.1) is 0 Å². The largest absolute Gasteiger partial charge is 0.486 e. The van der Waals surface area contributed by atoms with Gasteiger partial charge in [-0.05, 0) is 84.0 Å². The number of hydrogen-bond acceptors (Lipinski definition) is 2. The molecule has 7 heteroatoms. The lowest BCUT2D eigenvalue weighted by Crippen LogP contribution is -2.38. The molecule has 0 N–H and O–H groups in total. The molecule has 5 aromatic rings. The minimum absolute atomic E-state index is 0.00986. The summed E-state index contributed by atoms with van der Waals surface area (Å²) in [6.45, 7) is 1.67. The van der Waals surface area contributed by atoms with E-state index in [1.807, 2.05) is 18.2 Å². The predicted molar refractivity (Wildman–Crippen MR) is 152 cm³/mol. The van der Waals surface area contributed by atoms with E-state index in [4.69, 9.17) is 4.74 Å². The number of amides is 1. The zero-order chi connectivity index (χ0) is 28.3. The van der Waals surface area contributed by atoms with Crippen LogP contribution in [0.25, 0.3) is 10.9 Å². The van der Waals surface area contributed by atoms with Gasteiger partial charge in [0.2, 0.25) is 0 Å². The molecule has 0 radical (unpaired) electrons. The second kappa shape index (κ2) is 11.5. The number of ether oxygens (including phenoxy) is 1. The van der Waals surface area contributed by atoms with Gasteiger partial charge in [-0.2, -0.15) is 0 Å². The van der Waals surface area contributed by atoms with E-state index in [-0.39, 0.29) is 41.4 Å². The van der Waals surface area contributed by atoms with Crippen LogP contribution in [0.5, 0.6) is 5.75 Å². The van der Waals surface area contributed by atoms with Gasteiger partial charge in [-0.25, -0.2) is 13.2 Å². The molecule has 1 aliphatic rings. The summed E-state index contributed by atoms with van der Waals surface area (Å²) in [5, 5.41) is 1.13. The molecule has 4 nitrogen and oxygen atoms in total. The van der Waals surface area contributed by atoms with Gasteiger partial charge in [-0.3, -0.25) is 4.79 Å². The quantitative estimate of drug-likeness (QED) is 0.207. The second-order valence-corrected chi connectivity index (χ2v) is 10.5. The van der Waals surface area contributed by atoms with Crippen LogP contribution in [0, 0.1) is 17.5 Å². The number of carbonyl (C=O) groups is 1. The van der Waals surface area contributed by atoms with Gasteiger partial charge in [0.15, 0.2) is 11.6 Å². The first-order chi connectivity index (χ1) is 19.9. The highest BCUT2D eigenvalue weighted by Gasteiger charge is 2.27. The number of nitrogens with zero attached hydrogens (tertiary/aromatic N) is 2. The smallest absolute Gasteiger partial charge is 0.253 e. The maximum atomic E-state index is 14.8. The molecule has 0 unspecified atom stereocenters. The number of piperidine rings is 1. The Bertz CT molecular complexity index is 1710. The van der Waals surface area contributed by atoms with Crippen molar-refractivity contribution in [1.29, 1.82) is 0 Å². The van der Waals surface area contributed by atoms with Crippen molar-refractivity contribution in [3.63, 3.8) is 0 Å². The monoisotopic (exact) mass is 554 g/mol. The van der Waals surface area contributed by atoms with Crippen molar-refractivity contribution >= 4 is 16.8 Å². The Labute approximate surface area is 236 Å². The van der Waals surface area contributed by atoms with E-state index < -0.39 is 5.82 Å². The zero-order valence-electron chi connectivity index (χ0n) is 22.4. The van der Waals surface area contributed by atoms with Crippen molar-refractivity contribution in [2.75, 3.05) is 13.1 Å². The highest BCUT2D eigenvalue weighted by atomic mass is 19.1. The molecule has 208 valence electrons. The summed E-state index contributed by atoms with van der Waals surface area (Å²) in [4.78, 5) is 15.0. The Morgan fingerprint density at radius 3 is 2.22 bits per heavy atom. The van der Waals surface area contributed by atoms with Crippen LogP contribution < -0.4 is 4.74 Å². The molecule has 0 bridgehead atoms. The molecule has 1 aromatic heterocycles. The Kier molecular flexibility index (Phi) is 7.51. The van der Waals surface area contributed by atoms with E-state index in [1.165, 1.54) is 36.0 Å². The van der Waals surface area contributed by atoms with Gasteiger partial charge in [-0.15, -0.1) is 0 Å². The Morgan fingerprint density at radius 1 is 0.780 bits per heavy atom. The number of carbonyl (C=O) groups excluding carboxylic acids is 1. The average molecular weight is 555 g/mol. The van der Waals surface area contributed by atoms with Crippen molar-refractivity contribution in [2.24, 2.45) is 0 Å². The highest BCUT2D eigenvalue weighted by molar-refractivity contribution is 5.94. The third-order valence-electron chi connectivity index (χ3n) is 7.73. The molecule has 1 fully saturated rings. The Morgan fingerprint density at radius 2 is 1.49 bits per heavy atom. The lowest BCUT2D eigenvalue weighted by atomic mass is 9.92. The molecule has 0 aliphatic carbocycles. The fourth-order valence-electron chi connectivity index (χ4n) is 5.66. The molecular formula is C34H29F3N2O2. The molecule has 0 saturated carbocycles. The van der Waals surface area contributed by atoms with Crippen LogP contribution in [0.2, 0.25) is 0 Å². The lowest BCUT2D eigenvalue weighted by Gasteiger charge is -2.33. The van der Waals surface area contributed by atoms with Crippen molar-refractivity contribution in [1.82, 2.24) is 9.47 Å². The number of fused-ring (bicyclic) bond motifs is 1. The van der Waals surface area contributed by atoms with E-state index in [2.05, 4.69) is 22.8 Å². The molecule has 4 aromatic carbocycles. The topological polar surface area (TPSA) is 34.5 Å². The first-order valence-electron chi connectivity index (χ1n) is 13.7. The summed E-state index contributed by atoms with van der Waals surface area (Å²) in [6, 6.07) is 27.2. The van der Waals surface area contributed by atoms with Gasteiger partial charge in [0.1, 0.15) is 18.2 Å². The van der Waals surface area contributed by atoms with E-state index in [0.717, 1.165) is 29.3 Å². The molecule has 41 heavy (non-hydrogen) atoms. The minimum Gasteiger partial charge on any atom is -0.486 e. The second-order valence-electron chi connectivity index (χ2n) is 10.5. The van der Waals surface area contributed by atoms with E-state index in [1.54, 1.807) is 35.2 Å². The third-order valence-corrected chi connectivity index (χ3v) is 7.73. The van der Waals surface area contributed by atoms with Crippen molar-refractivity contribution in [3.8, 4) is 5.75 Å². The number of aromatic nitrogens is 1. The summed E-state index contributed by atoms with van der Waals surface area (Å²) < 4.78 is 49.9. The number of benzene rings is 4. The fraction of sp³-hybridized carbons (Fsp3) is 0.206. The molecule has 1 amide bonds. The molecular weight excluding hydrogens is 525 g/mol. The summed E-state index contributed by atoms with van der Waals surface area (Å²) in [5.74, 6) is -1.26. The molecule has 2 heterocycles. The SMILES string of the molecule is O=C(c1ccc(OCc2cccc(F)c2)c(F)c1)N1CCC(c2cc3ccccc3n2Cc2cccc(F)c2)CC1. The van der Waals surface area contributed by atoms with Crippen LogP contribution in [0.4, 0.5) is 13.2 Å². The van der Waals surface area contributed by atoms with Gasteiger partial charge in [-0.1, -0.05) is 42.5 Å². The maximum absolute atomic E-state index is 14.8. The lowest BCUT2D eigenvalue weighted by molar-refractivity contribution is 0.0711. The number of hydrogen-bond donors (Lipinski definition) is 0. The summed E-state index contributed by atoms with van der Waals surface area (Å²) >= 11 is 0. The number of halogens is 3. The van der Waals surface area contributed by atoms with Gasteiger partial charge >= 0.3 is 0 Å². The molecule has 6 rings (SSSR count). The van der Waals surface area contributed by atoms with Gasteiger partial charge < -0.3 is 14.2 Å². The molecule has 1 aliphatic heterocycles. The predicted octanol–water partition coefficient (Wildman–Crippen LogP) is 7.71. The minimum atomic E-state index is -0.635. The van der Waals surface area contributed by atoms with Crippen LogP contribution in [-0.2, 0) is 13.2 Å². The Hall–Kier alpha value is -4.52. The fourth-order valence-corrected chi connectivity index (χ4v) is 5.66. The van der Waals surface area contributed by atoms with Crippen LogP contribution >= 0.6 is 0 Å². The van der Waals surface area contributed by atoms with Crippen LogP contribution in [-0.4, -0.2) is 28.5 Å². The molecule has 0 atom stereocenters. The first kappa shape index (κ1) is 26.7. The van der Waals surface area contributed by atoms with Crippen molar-refractivity contribution in [2.45, 2.75) is 31.9 Å². The van der Waals surface area contributed by atoms with E-state index in [9.17, 15) is 18.0 Å². The maximum Gasteiger partial charge on any atom is 0.253 e. The number of para-hydroxylation sites is 1. The van der Waals surface area contributed by atoms with Crippen molar-refractivity contribution < 1.29 is 22.7 Å². The summed E-state index contributed by atoms with van der Waals surface area (Å²) in [5.41, 5.74) is 4.01. The highest BCUT2D eigenvalue weighted by Crippen LogP contribution is 2.34. The third kappa shape index (κ3) is 5.85. The Balaban J connectivity index is 1.13. The summed E-state index contributed by atoms with van der Waals surface area (Å²) in [7, 11) is 0. The van der Waals surface area contributed by atoms with Gasteiger partial charge in [0, 0.05) is 42.3 Å². The van der Waals surface area contributed by atoms with E-state index >= 15 is 0 Å².